The summed E-state index contributed by atoms with van der Waals surface area (Å²) >= 11 is 2.15. The molecule has 3 rings (SSSR count). The minimum atomic E-state index is 0.390. The number of rotatable bonds is 1. The number of hydrogen-bond donors (Lipinski definition) is 0. The molecule has 0 bridgehead atoms. The molecule has 0 aromatic heterocycles. The summed E-state index contributed by atoms with van der Waals surface area (Å²) in [6, 6.07) is 11.1. The van der Waals surface area contributed by atoms with Gasteiger partial charge in [0, 0.05) is 5.25 Å². The molecule has 0 radical (unpaired) electrons. The van der Waals surface area contributed by atoms with Gasteiger partial charge >= 0.3 is 0 Å². The van der Waals surface area contributed by atoms with Gasteiger partial charge in [-0.1, -0.05) is 56.7 Å². The van der Waals surface area contributed by atoms with Crippen molar-refractivity contribution >= 4 is 11.8 Å². The molecule has 1 aliphatic heterocycles. The van der Waals surface area contributed by atoms with Crippen molar-refractivity contribution in [3.63, 3.8) is 0 Å². The van der Waals surface area contributed by atoms with Crippen LogP contribution >= 0.6 is 11.8 Å². The molecule has 1 aromatic carbocycles. The van der Waals surface area contributed by atoms with Crippen LogP contribution in [-0.2, 0) is 0 Å². The van der Waals surface area contributed by atoms with Crippen molar-refractivity contribution in [3.8, 4) is 0 Å². The summed E-state index contributed by atoms with van der Waals surface area (Å²) < 4.78 is 0. The molecule has 1 aliphatic carbocycles. The molecule has 0 saturated carbocycles. The average molecular weight is 272 g/mol. The summed E-state index contributed by atoms with van der Waals surface area (Å²) in [7, 11) is 0. The van der Waals surface area contributed by atoms with Crippen LogP contribution < -0.4 is 0 Å². The molecule has 0 unspecified atom stereocenters. The maximum Gasteiger partial charge on any atom is 0.0349 e. The van der Waals surface area contributed by atoms with Crippen molar-refractivity contribution < 1.29 is 0 Å². The van der Waals surface area contributed by atoms with Crippen LogP contribution in [0, 0.1) is 11.3 Å². The third-order valence-electron chi connectivity index (χ3n) is 4.73. The average Bonchev–Trinajstić information content (AvgIpc) is 2.38. The quantitative estimate of drug-likeness (QED) is 0.607. The monoisotopic (exact) mass is 272 g/mol. The van der Waals surface area contributed by atoms with E-state index in [0.717, 1.165) is 5.92 Å². The van der Waals surface area contributed by atoms with Crippen LogP contribution in [0.1, 0.15) is 57.3 Å². The molecule has 1 aromatic rings. The Morgan fingerprint density at radius 1 is 1.16 bits per heavy atom. The highest BCUT2D eigenvalue weighted by Crippen LogP contribution is 2.57. The normalized spacial score (nSPS) is 30.1. The summed E-state index contributed by atoms with van der Waals surface area (Å²) in [6.45, 7) is 7.31. The maximum atomic E-state index is 2.45. The van der Waals surface area contributed by atoms with Crippen LogP contribution in [0.15, 0.2) is 40.8 Å². The Kier molecular flexibility index (Phi) is 3.51. The highest BCUT2D eigenvalue weighted by atomic mass is 32.2. The van der Waals surface area contributed by atoms with Gasteiger partial charge in [-0.2, -0.15) is 0 Å². The zero-order valence-corrected chi connectivity index (χ0v) is 13.1. The fraction of sp³-hybridized carbons (Fsp3) is 0.556. The number of thioether (sulfide) groups is 1. The molecule has 0 N–H and O–H groups in total. The second-order valence-corrected chi connectivity index (χ2v) is 8.15. The molecular formula is C18H24S. The van der Waals surface area contributed by atoms with Crippen LogP contribution in [-0.4, -0.2) is 0 Å². The Morgan fingerprint density at radius 3 is 2.63 bits per heavy atom. The molecule has 102 valence electrons. The molecule has 0 nitrogen and oxygen atoms in total. The third-order valence-corrected chi connectivity index (χ3v) is 6.15. The molecule has 0 fully saturated rings. The number of benzene rings is 1. The van der Waals surface area contributed by atoms with E-state index >= 15 is 0 Å². The number of allylic oxidation sites excluding steroid dienone is 2. The maximum absolute atomic E-state index is 2.45. The highest BCUT2D eigenvalue weighted by molar-refractivity contribution is 8.03. The van der Waals surface area contributed by atoms with Gasteiger partial charge in [-0.05, 0) is 47.5 Å². The number of hydrogen-bond acceptors (Lipinski definition) is 1. The van der Waals surface area contributed by atoms with Gasteiger partial charge in [0.25, 0.3) is 0 Å². The fourth-order valence-corrected chi connectivity index (χ4v) is 5.60. The Bertz CT molecular complexity index is 484. The summed E-state index contributed by atoms with van der Waals surface area (Å²) in [5, 5.41) is 0.653. The van der Waals surface area contributed by atoms with Gasteiger partial charge in [0.1, 0.15) is 0 Å². The van der Waals surface area contributed by atoms with Crippen LogP contribution in [0.2, 0.25) is 0 Å². The molecule has 1 heterocycles. The lowest BCUT2D eigenvalue weighted by molar-refractivity contribution is 0.352. The van der Waals surface area contributed by atoms with Crippen LogP contribution in [0.25, 0.3) is 0 Å². The first-order valence-corrected chi connectivity index (χ1v) is 8.38. The van der Waals surface area contributed by atoms with E-state index in [1.165, 1.54) is 31.2 Å². The zero-order valence-electron chi connectivity index (χ0n) is 12.3. The van der Waals surface area contributed by atoms with Crippen molar-refractivity contribution in [3.05, 3.63) is 46.4 Å². The van der Waals surface area contributed by atoms with Gasteiger partial charge in [0.2, 0.25) is 0 Å². The minimum absolute atomic E-state index is 0.390. The predicted octanol–water partition coefficient (Wildman–Crippen LogP) is 5.96. The topological polar surface area (TPSA) is 0 Å². The van der Waals surface area contributed by atoms with Crippen molar-refractivity contribution in [1.82, 2.24) is 0 Å². The molecule has 0 saturated heterocycles. The largest absolute Gasteiger partial charge is 0.122 e. The first-order valence-electron chi connectivity index (χ1n) is 7.50. The van der Waals surface area contributed by atoms with E-state index in [-0.39, 0.29) is 0 Å². The van der Waals surface area contributed by atoms with Gasteiger partial charge in [-0.25, -0.2) is 0 Å². The molecule has 0 amide bonds. The van der Waals surface area contributed by atoms with E-state index in [0.29, 0.717) is 10.7 Å². The second kappa shape index (κ2) is 5.01. The van der Waals surface area contributed by atoms with E-state index in [2.05, 4.69) is 62.9 Å². The minimum Gasteiger partial charge on any atom is -0.122 e. The van der Waals surface area contributed by atoms with E-state index in [4.69, 9.17) is 0 Å². The zero-order chi connectivity index (χ0) is 13.5. The van der Waals surface area contributed by atoms with E-state index < -0.39 is 0 Å². The lowest BCUT2D eigenvalue weighted by Crippen LogP contribution is -2.26. The van der Waals surface area contributed by atoms with Crippen molar-refractivity contribution in [2.24, 2.45) is 11.3 Å². The Labute approximate surface area is 121 Å². The van der Waals surface area contributed by atoms with Crippen LogP contribution in [0.5, 0.6) is 0 Å². The molecular weight excluding hydrogens is 248 g/mol. The van der Waals surface area contributed by atoms with Crippen LogP contribution in [0.3, 0.4) is 0 Å². The summed E-state index contributed by atoms with van der Waals surface area (Å²) in [6.07, 6.45) is 5.32. The SMILES string of the molecule is C[C@@H]1CCC2=C(C1)S[C@@H](c1ccccc1)CC2(C)C. The van der Waals surface area contributed by atoms with Gasteiger partial charge in [0.05, 0.1) is 0 Å². The molecule has 0 spiro atoms. The van der Waals surface area contributed by atoms with Gasteiger partial charge in [0.15, 0.2) is 0 Å². The lowest BCUT2D eigenvalue weighted by Gasteiger charge is -2.42. The van der Waals surface area contributed by atoms with Crippen LogP contribution in [0.4, 0.5) is 0 Å². The van der Waals surface area contributed by atoms with Gasteiger partial charge in [-0.3, -0.25) is 0 Å². The summed E-state index contributed by atoms with van der Waals surface area (Å²) in [5.74, 6) is 0.872. The Morgan fingerprint density at radius 2 is 1.89 bits per heavy atom. The second-order valence-electron chi connectivity index (χ2n) is 6.85. The highest BCUT2D eigenvalue weighted by Gasteiger charge is 2.37. The Balaban J connectivity index is 1.92. The van der Waals surface area contributed by atoms with Gasteiger partial charge in [-0.15, -0.1) is 11.8 Å². The Hall–Kier alpha value is -0.690. The van der Waals surface area contributed by atoms with Crippen molar-refractivity contribution in [2.75, 3.05) is 0 Å². The summed E-state index contributed by atoms with van der Waals surface area (Å²) in [4.78, 5) is 1.71. The molecule has 2 aliphatic rings. The van der Waals surface area contributed by atoms with E-state index in [1.807, 2.05) is 0 Å². The third kappa shape index (κ3) is 2.63. The first kappa shape index (κ1) is 13.3. The lowest BCUT2D eigenvalue weighted by atomic mass is 9.73. The molecule has 19 heavy (non-hydrogen) atoms. The standard InChI is InChI=1S/C18H24S/c1-13-9-10-15-16(11-13)19-17(12-18(15,2)3)14-7-5-4-6-8-14/h4-8,13,17H,9-12H2,1-3H3/t13-,17-/m1/s1. The molecule has 1 heteroatoms. The first-order chi connectivity index (χ1) is 9.06. The van der Waals surface area contributed by atoms with E-state index in [9.17, 15) is 0 Å². The van der Waals surface area contributed by atoms with Crippen molar-refractivity contribution in [1.29, 1.82) is 0 Å². The van der Waals surface area contributed by atoms with Gasteiger partial charge < -0.3 is 0 Å². The van der Waals surface area contributed by atoms with Crippen molar-refractivity contribution in [2.45, 2.75) is 51.7 Å². The molecule has 2 atom stereocenters. The fourth-order valence-electron chi connectivity index (χ4n) is 3.56. The predicted molar refractivity (Wildman–Crippen MR) is 85.2 cm³/mol. The smallest absolute Gasteiger partial charge is 0.0349 e. The van der Waals surface area contributed by atoms with E-state index in [1.54, 1.807) is 10.5 Å². The summed E-state index contributed by atoms with van der Waals surface area (Å²) in [5.41, 5.74) is 3.66.